The van der Waals surface area contributed by atoms with Crippen molar-refractivity contribution >= 4 is 6.21 Å². The van der Waals surface area contributed by atoms with E-state index in [2.05, 4.69) is 32.0 Å². The Labute approximate surface area is 93.3 Å². The van der Waals surface area contributed by atoms with Gasteiger partial charge in [-0.3, -0.25) is 4.99 Å². The molecule has 0 aliphatic carbocycles. The molecule has 1 unspecified atom stereocenters. The number of hydrogen-bond donors (Lipinski definition) is 0. The van der Waals surface area contributed by atoms with Gasteiger partial charge in [0.1, 0.15) is 0 Å². The third-order valence-corrected chi connectivity index (χ3v) is 2.93. The molecule has 15 heavy (non-hydrogen) atoms. The van der Waals surface area contributed by atoms with Crippen molar-refractivity contribution in [3.63, 3.8) is 0 Å². The highest BCUT2D eigenvalue weighted by molar-refractivity contribution is 5.78. The maximum Gasteiger partial charge on any atom is 0.0293 e. The summed E-state index contributed by atoms with van der Waals surface area (Å²) in [6.07, 6.45) is 9.13. The van der Waals surface area contributed by atoms with E-state index in [1.165, 1.54) is 18.4 Å². The molecule has 1 atom stereocenters. The van der Waals surface area contributed by atoms with Gasteiger partial charge in [-0.25, -0.2) is 0 Å². The van der Waals surface area contributed by atoms with Crippen LogP contribution < -0.4 is 0 Å². The van der Waals surface area contributed by atoms with Crippen LogP contribution in [0.4, 0.5) is 0 Å². The Morgan fingerprint density at radius 2 is 2.13 bits per heavy atom. The zero-order valence-corrected chi connectivity index (χ0v) is 9.87. The fraction of sp³-hybridized carbons (Fsp3) is 0.500. The molecule has 1 nitrogen and oxygen atoms in total. The summed E-state index contributed by atoms with van der Waals surface area (Å²) in [5, 5.41) is 0. The van der Waals surface area contributed by atoms with Crippen LogP contribution in [0.15, 0.2) is 41.6 Å². The molecule has 0 radical (unpaired) electrons. The van der Waals surface area contributed by atoms with Crippen molar-refractivity contribution in [1.82, 2.24) is 0 Å². The van der Waals surface area contributed by atoms with Gasteiger partial charge in [-0.2, -0.15) is 0 Å². The van der Waals surface area contributed by atoms with Crippen LogP contribution >= 0.6 is 0 Å². The maximum absolute atomic E-state index is 4.19. The number of nitrogens with zero attached hydrogens (tertiary/aromatic N) is 1. The van der Waals surface area contributed by atoms with E-state index in [9.17, 15) is 0 Å². The van der Waals surface area contributed by atoms with Gasteiger partial charge in [-0.05, 0) is 42.7 Å². The molecule has 1 aliphatic heterocycles. The summed E-state index contributed by atoms with van der Waals surface area (Å²) in [5.74, 6) is 1.24. The predicted octanol–water partition coefficient (Wildman–Crippen LogP) is 4.14. The SMILES string of the molecule is C=C1/C=N\C=C/C(=C)C(C(C)C)CCC1. The van der Waals surface area contributed by atoms with Gasteiger partial charge in [-0.1, -0.05) is 32.6 Å². The van der Waals surface area contributed by atoms with Gasteiger partial charge in [-0.15, -0.1) is 0 Å². The van der Waals surface area contributed by atoms with Gasteiger partial charge in [0.2, 0.25) is 0 Å². The highest BCUT2D eigenvalue weighted by Gasteiger charge is 2.15. The summed E-state index contributed by atoms with van der Waals surface area (Å²) in [6, 6.07) is 0. The summed E-state index contributed by atoms with van der Waals surface area (Å²) >= 11 is 0. The molecular weight excluding hydrogens is 182 g/mol. The lowest BCUT2D eigenvalue weighted by Crippen LogP contribution is -2.10. The van der Waals surface area contributed by atoms with Crippen molar-refractivity contribution in [3.8, 4) is 0 Å². The molecule has 0 aromatic heterocycles. The first kappa shape index (κ1) is 12.0. The van der Waals surface area contributed by atoms with E-state index in [-0.39, 0.29) is 0 Å². The normalized spacial score (nSPS) is 27.8. The van der Waals surface area contributed by atoms with Crippen molar-refractivity contribution in [3.05, 3.63) is 36.6 Å². The largest absolute Gasteiger partial charge is 0.264 e. The monoisotopic (exact) mass is 203 g/mol. The average molecular weight is 203 g/mol. The first-order valence-corrected chi connectivity index (χ1v) is 5.67. The van der Waals surface area contributed by atoms with Crippen molar-refractivity contribution in [1.29, 1.82) is 0 Å². The third-order valence-electron chi connectivity index (χ3n) is 2.93. The predicted molar refractivity (Wildman–Crippen MR) is 68.1 cm³/mol. The summed E-state index contributed by atoms with van der Waals surface area (Å²) in [6.45, 7) is 12.6. The second-order valence-corrected chi connectivity index (χ2v) is 4.57. The minimum atomic E-state index is 0.586. The Balaban J connectivity index is 2.77. The molecule has 0 aromatic rings. The van der Waals surface area contributed by atoms with E-state index in [1.807, 2.05) is 18.5 Å². The van der Waals surface area contributed by atoms with Crippen molar-refractivity contribution in [2.24, 2.45) is 16.8 Å². The molecule has 0 aromatic carbocycles. The van der Waals surface area contributed by atoms with Gasteiger partial charge in [0.15, 0.2) is 0 Å². The fourth-order valence-electron chi connectivity index (χ4n) is 1.97. The number of rotatable bonds is 1. The molecular formula is C14H21N. The summed E-state index contributed by atoms with van der Waals surface area (Å²) < 4.78 is 0. The second-order valence-electron chi connectivity index (χ2n) is 4.57. The zero-order chi connectivity index (χ0) is 11.3. The smallest absolute Gasteiger partial charge is 0.0293 e. The second kappa shape index (κ2) is 5.69. The number of aliphatic imine (C=N–C) groups is 1. The fourth-order valence-corrected chi connectivity index (χ4v) is 1.97. The number of hydrogen-bond acceptors (Lipinski definition) is 1. The lowest BCUT2D eigenvalue weighted by molar-refractivity contribution is 0.412. The average Bonchev–Trinajstić information content (AvgIpc) is 2.18. The lowest BCUT2D eigenvalue weighted by Gasteiger charge is -2.21. The summed E-state index contributed by atoms with van der Waals surface area (Å²) in [7, 11) is 0. The molecule has 0 saturated carbocycles. The van der Waals surface area contributed by atoms with E-state index in [1.54, 1.807) is 0 Å². The van der Waals surface area contributed by atoms with Crippen LogP contribution in [0.1, 0.15) is 33.1 Å². The van der Waals surface area contributed by atoms with Crippen LogP contribution in [0.3, 0.4) is 0 Å². The molecule has 0 N–H and O–H groups in total. The first-order valence-electron chi connectivity index (χ1n) is 5.67. The molecule has 0 amide bonds. The molecule has 0 fully saturated rings. The maximum atomic E-state index is 4.19. The molecule has 1 heteroatoms. The Kier molecular flexibility index (Phi) is 4.54. The van der Waals surface area contributed by atoms with Gasteiger partial charge in [0.25, 0.3) is 0 Å². The Morgan fingerprint density at radius 3 is 2.80 bits per heavy atom. The Morgan fingerprint density at radius 1 is 1.40 bits per heavy atom. The van der Waals surface area contributed by atoms with Crippen molar-refractivity contribution in [2.45, 2.75) is 33.1 Å². The zero-order valence-electron chi connectivity index (χ0n) is 9.87. The topological polar surface area (TPSA) is 12.4 Å². The molecule has 0 spiro atoms. The molecule has 1 aliphatic rings. The Bertz CT molecular complexity index is 294. The van der Waals surface area contributed by atoms with Crippen molar-refractivity contribution < 1.29 is 0 Å². The minimum Gasteiger partial charge on any atom is -0.264 e. The highest BCUT2D eigenvalue weighted by Crippen LogP contribution is 2.27. The van der Waals surface area contributed by atoms with Crippen molar-refractivity contribution in [2.75, 3.05) is 0 Å². The van der Waals surface area contributed by atoms with Gasteiger partial charge >= 0.3 is 0 Å². The van der Waals surface area contributed by atoms with Gasteiger partial charge in [0.05, 0.1) is 0 Å². The lowest BCUT2D eigenvalue weighted by atomic mass is 9.84. The van der Waals surface area contributed by atoms with E-state index in [0.29, 0.717) is 11.8 Å². The van der Waals surface area contributed by atoms with Gasteiger partial charge < -0.3 is 0 Å². The Hall–Kier alpha value is -1.11. The minimum absolute atomic E-state index is 0.586. The van der Waals surface area contributed by atoms with Crippen LogP contribution in [-0.4, -0.2) is 6.21 Å². The van der Waals surface area contributed by atoms with E-state index >= 15 is 0 Å². The van der Waals surface area contributed by atoms with Crippen LogP contribution in [0.5, 0.6) is 0 Å². The van der Waals surface area contributed by atoms with E-state index < -0.39 is 0 Å². The van der Waals surface area contributed by atoms with Crippen LogP contribution in [-0.2, 0) is 0 Å². The third kappa shape index (κ3) is 3.86. The highest BCUT2D eigenvalue weighted by atomic mass is 14.7. The standard InChI is InChI=1S/C14H21N/c1-11(2)14-7-5-6-12(3)10-15-9-8-13(14)4/h8-11,14H,3-7H2,1-2H3/b9-8-,15-10-. The quantitative estimate of drug-likeness (QED) is 0.607. The van der Waals surface area contributed by atoms with E-state index in [4.69, 9.17) is 0 Å². The molecule has 82 valence electrons. The van der Waals surface area contributed by atoms with Crippen LogP contribution in [0.2, 0.25) is 0 Å². The summed E-state index contributed by atoms with van der Waals surface area (Å²) in [4.78, 5) is 4.19. The molecule has 0 saturated heterocycles. The van der Waals surface area contributed by atoms with E-state index in [0.717, 1.165) is 12.0 Å². The molecule has 1 rings (SSSR count). The van der Waals surface area contributed by atoms with Crippen LogP contribution in [0, 0.1) is 11.8 Å². The molecule has 0 bridgehead atoms. The first-order chi connectivity index (χ1) is 7.11. The van der Waals surface area contributed by atoms with Crippen LogP contribution in [0.25, 0.3) is 0 Å². The summed E-state index contributed by atoms with van der Waals surface area (Å²) in [5.41, 5.74) is 2.32. The van der Waals surface area contributed by atoms with Gasteiger partial charge in [0, 0.05) is 12.4 Å². The number of allylic oxidation sites excluding steroid dienone is 3. The molecule has 1 heterocycles.